The zero-order valence-electron chi connectivity index (χ0n) is 10.9. The maximum absolute atomic E-state index is 14.0. The van der Waals surface area contributed by atoms with Gasteiger partial charge in [-0.1, -0.05) is 11.6 Å². The molecule has 0 aliphatic heterocycles. The second kappa shape index (κ2) is 6.49. The summed E-state index contributed by atoms with van der Waals surface area (Å²) < 4.78 is 29.0. The van der Waals surface area contributed by atoms with Gasteiger partial charge in [0.05, 0.1) is 18.3 Å². The van der Waals surface area contributed by atoms with Crippen molar-refractivity contribution >= 4 is 11.6 Å². The van der Waals surface area contributed by atoms with Crippen LogP contribution in [-0.4, -0.2) is 31.2 Å². The van der Waals surface area contributed by atoms with Crippen LogP contribution in [0.4, 0.5) is 4.39 Å². The third-order valence-corrected chi connectivity index (χ3v) is 2.80. The van der Waals surface area contributed by atoms with E-state index >= 15 is 0 Å². The molecular weight excluding hydrogens is 287 g/mol. The first-order chi connectivity index (χ1) is 9.65. The highest BCUT2D eigenvalue weighted by atomic mass is 35.5. The number of ether oxygens (including phenoxy) is 3. The predicted molar refractivity (Wildman–Crippen MR) is 71.5 cm³/mol. The van der Waals surface area contributed by atoms with E-state index in [0.717, 1.165) is 0 Å². The van der Waals surface area contributed by atoms with E-state index in [0.29, 0.717) is 11.3 Å². The lowest BCUT2D eigenvalue weighted by molar-refractivity contribution is 0.0512. The van der Waals surface area contributed by atoms with Gasteiger partial charge >= 0.3 is 0 Å². The van der Waals surface area contributed by atoms with Crippen LogP contribution in [0.25, 0.3) is 11.1 Å². The van der Waals surface area contributed by atoms with Gasteiger partial charge in [0.1, 0.15) is 11.6 Å². The average molecular weight is 299 g/mol. The fourth-order valence-corrected chi connectivity index (χ4v) is 1.78. The molecule has 0 bridgehead atoms. The Bertz CT molecular complexity index is 610. The molecule has 0 fully saturated rings. The molecule has 0 saturated heterocycles. The zero-order valence-corrected chi connectivity index (χ0v) is 11.6. The maximum Gasteiger partial charge on any atom is 0.233 e. The highest BCUT2D eigenvalue weighted by Crippen LogP contribution is 2.33. The SMILES string of the molecule is COCOc1cc(-c2cnnc(OC)c2)c(F)cc1Cl. The van der Waals surface area contributed by atoms with E-state index in [1.54, 1.807) is 6.07 Å². The van der Waals surface area contributed by atoms with Crippen LogP contribution < -0.4 is 9.47 Å². The largest absolute Gasteiger partial charge is 0.480 e. The Hall–Kier alpha value is -1.92. The van der Waals surface area contributed by atoms with Crippen LogP contribution >= 0.6 is 11.6 Å². The molecule has 0 N–H and O–H groups in total. The van der Waals surface area contributed by atoms with E-state index < -0.39 is 5.82 Å². The molecule has 0 spiro atoms. The van der Waals surface area contributed by atoms with Gasteiger partial charge in [0.15, 0.2) is 6.79 Å². The summed E-state index contributed by atoms with van der Waals surface area (Å²) in [6.07, 6.45) is 1.43. The van der Waals surface area contributed by atoms with Crippen molar-refractivity contribution < 1.29 is 18.6 Å². The van der Waals surface area contributed by atoms with E-state index in [2.05, 4.69) is 10.2 Å². The van der Waals surface area contributed by atoms with Gasteiger partial charge in [-0.3, -0.25) is 0 Å². The van der Waals surface area contributed by atoms with Crippen LogP contribution in [-0.2, 0) is 4.74 Å². The summed E-state index contributed by atoms with van der Waals surface area (Å²) in [7, 11) is 2.94. The molecule has 5 nitrogen and oxygen atoms in total. The Balaban J connectivity index is 2.44. The third kappa shape index (κ3) is 3.15. The number of hydrogen-bond donors (Lipinski definition) is 0. The van der Waals surface area contributed by atoms with Crippen molar-refractivity contribution in [1.82, 2.24) is 10.2 Å². The third-order valence-electron chi connectivity index (χ3n) is 2.51. The molecule has 0 aliphatic rings. The van der Waals surface area contributed by atoms with E-state index in [4.69, 9.17) is 25.8 Å². The molecule has 0 radical (unpaired) electrons. The van der Waals surface area contributed by atoms with Crippen molar-refractivity contribution in [2.24, 2.45) is 0 Å². The van der Waals surface area contributed by atoms with E-state index in [9.17, 15) is 4.39 Å². The van der Waals surface area contributed by atoms with Crippen LogP contribution in [0, 0.1) is 5.82 Å². The van der Waals surface area contributed by atoms with Crippen molar-refractivity contribution in [2.45, 2.75) is 0 Å². The lowest BCUT2D eigenvalue weighted by Gasteiger charge is -2.10. The number of methoxy groups -OCH3 is 2. The number of aromatic nitrogens is 2. The lowest BCUT2D eigenvalue weighted by Crippen LogP contribution is -2.00. The van der Waals surface area contributed by atoms with Crippen LogP contribution in [0.3, 0.4) is 0 Å². The number of hydrogen-bond acceptors (Lipinski definition) is 5. The summed E-state index contributed by atoms with van der Waals surface area (Å²) in [6, 6.07) is 4.22. The molecule has 1 heterocycles. The van der Waals surface area contributed by atoms with Crippen molar-refractivity contribution in [2.75, 3.05) is 21.0 Å². The molecule has 7 heteroatoms. The van der Waals surface area contributed by atoms with Crippen LogP contribution in [0.1, 0.15) is 0 Å². The second-order valence-corrected chi connectivity index (χ2v) is 4.21. The minimum atomic E-state index is -0.491. The zero-order chi connectivity index (χ0) is 14.5. The smallest absolute Gasteiger partial charge is 0.233 e. The van der Waals surface area contributed by atoms with Crippen molar-refractivity contribution in [3.05, 3.63) is 35.2 Å². The standard InChI is InChI=1S/C13H12ClFN2O3/c1-18-7-20-12-4-9(11(15)5-10(12)14)8-3-13(19-2)17-16-6-8/h3-6H,7H2,1-2H3. The molecule has 0 atom stereocenters. The quantitative estimate of drug-likeness (QED) is 0.794. The van der Waals surface area contributed by atoms with Gasteiger partial charge in [0.25, 0.3) is 0 Å². The fourth-order valence-electron chi connectivity index (χ4n) is 1.58. The maximum atomic E-state index is 14.0. The van der Waals surface area contributed by atoms with Gasteiger partial charge in [-0.15, -0.1) is 5.10 Å². The second-order valence-electron chi connectivity index (χ2n) is 3.80. The van der Waals surface area contributed by atoms with Crippen molar-refractivity contribution in [3.63, 3.8) is 0 Å². The molecule has 1 aromatic heterocycles. The van der Waals surface area contributed by atoms with Gasteiger partial charge in [-0.2, -0.15) is 5.10 Å². The Morgan fingerprint density at radius 2 is 2.05 bits per heavy atom. The summed E-state index contributed by atoms with van der Waals surface area (Å²) in [5.41, 5.74) is 0.794. The molecular formula is C13H12ClFN2O3. The summed E-state index contributed by atoms with van der Waals surface area (Å²) in [6.45, 7) is 0.0166. The van der Waals surface area contributed by atoms with Crippen molar-refractivity contribution in [1.29, 1.82) is 0 Å². The minimum absolute atomic E-state index is 0.0166. The highest BCUT2D eigenvalue weighted by Gasteiger charge is 2.13. The molecule has 20 heavy (non-hydrogen) atoms. The molecule has 2 rings (SSSR count). The van der Waals surface area contributed by atoms with Gasteiger partial charge < -0.3 is 14.2 Å². The first-order valence-corrected chi connectivity index (χ1v) is 6.01. The number of rotatable bonds is 5. The Kier molecular flexibility index (Phi) is 4.70. The first kappa shape index (κ1) is 14.5. The van der Waals surface area contributed by atoms with Crippen LogP contribution in [0.5, 0.6) is 11.6 Å². The van der Waals surface area contributed by atoms with Crippen LogP contribution in [0.15, 0.2) is 24.4 Å². The van der Waals surface area contributed by atoms with E-state index in [-0.39, 0.29) is 23.3 Å². The summed E-state index contributed by atoms with van der Waals surface area (Å²) >= 11 is 5.91. The Labute approximate surface area is 120 Å². The van der Waals surface area contributed by atoms with E-state index in [1.165, 1.54) is 32.5 Å². The van der Waals surface area contributed by atoms with Gasteiger partial charge in [-0.05, 0) is 12.1 Å². The number of halogens is 2. The van der Waals surface area contributed by atoms with Gasteiger partial charge in [0.2, 0.25) is 5.88 Å². The summed E-state index contributed by atoms with van der Waals surface area (Å²) in [5.74, 6) is 0.117. The Morgan fingerprint density at radius 1 is 1.25 bits per heavy atom. The minimum Gasteiger partial charge on any atom is -0.480 e. The molecule has 1 aromatic carbocycles. The molecule has 0 amide bonds. The predicted octanol–water partition coefficient (Wildman–Crippen LogP) is 2.93. The van der Waals surface area contributed by atoms with Gasteiger partial charge in [-0.25, -0.2) is 4.39 Å². The molecule has 0 aliphatic carbocycles. The van der Waals surface area contributed by atoms with Gasteiger partial charge in [0, 0.05) is 24.3 Å². The highest BCUT2D eigenvalue weighted by molar-refractivity contribution is 6.32. The number of nitrogens with zero attached hydrogens (tertiary/aromatic N) is 2. The molecule has 0 saturated carbocycles. The summed E-state index contributed by atoms with van der Waals surface area (Å²) in [5, 5.41) is 7.64. The van der Waals surface area contributed by atoms with Crippen LogP contribution in [0.2, 0.25) is 5.02 Å². The summed E-state index contributed by atoms with van der Waals surface area (Å²) in [4.78, 5) is 0. The molecule has 106 valence electrons. The monoisotopic (exact) mass is 298 g/mol. The lowest BCUT2D eigenvalue weighted by atomic mass is 10.1. The number of benzene rings is 1. The molecule has 2 aromatic rings. The molecule has 0 unspecified atom stereocenters. The average Bonchev–Trinajstić information content (AvgIpc) is 2.46. The normalized spacial score (nSPS) is 10.4. The van der Waals surface area contributed by atoms with E-state index in [1.807, 2.05) is 0 Å². The fraction of sp³-hybridized carbons (Fsp3) is 0.231. The topological polar surface area (TPSA) is 53.5 Å². The van der Waals surface area contributed by atoms with Crippen molar-refractivity contribution in [3.8, 4) is 22.8 Å². The first-order valence-electron chi connectivity index (χ1n) is 5.63. The Morgan fingerprint density at radius 3 is 2.75 bits per heavy atom.